The normalized spacial score (nSPS) is 11.2. The molecule has 0 saturated heterocycles. The fraction of sp³-hybridized carbons (Fsp3) is 0.467. The number of hydrogen-bond acceptors (Lipinski definition) is 3. The van der Waals surface area contributed by atoms with Gasteiger partial charge in [-0.25, -0.2) is 4.98 Å². The van der Waals surface area contributed by atoms with E-state index in [0.717, 1.165) is 23.4 Å². The van der Waals surface area contributed by atoms with Gasteiger partial charge in [0.2, 0.25) is 5.91 Å². The van der Waals surface area contributed by atoms with Crippen molar-refractivity contribution in [2.24, 2.45) is 0 Å². The number of H-pyrrole nitrogens is 1. The zero-order valence-electron chi connectivity index (χ0n) is 12.4. The number of hydrogen-bond donors (Lipinski definition) is 2. The van der Waals surface area contributed by atoms with Crippen molar-refractivity contribution in [3.63, 3.8) is 0 Å². The molecule has 0 aliphatic heterocycles. The Labute approximate surface area is 119 Å². The molecule has 0 bridgehead atoms. The molecule has 5 heteroatoms. The zero-order valence-corrected chi connectivity index (χ0v) is 12.4. The van der Waals surface area contributed by atoms with E-state index in [1.165, 1.54) is 5.56 Å². The van der Waals surface area contributed by atoms with Crippen LogP contribution in [0.1, 0.15) is 24.7 Å². The SMILES string of the molecule is CCNC(=O)CCN(C)Cc1nc2c(C)cccc2[nH]1. The van der Waals surface area contributed by atoms with E-state index in [1.54, 1.807) is 0 Å². The van der Waals surface area contributed by atoms with Crippen LogP contribution in [0.5, 0.6) is 0 Å². The number of aryl methyl sites for hydroxylation is 1. The first-order valence-electron chi connectivity index (χ1n) is 6.99. The fourth-order valence-corrected chi connectivity index (χ4v) is 2.21. The summed E-state index contributed by atoms with van der Waals surface area (Å²) in [6.07, 6.45) is 0.517. The van der Waals surface area contributed by atoms with Gasteiger partial charge in [0.05, 0.1) is 17.6 Å². The van der Waals surface area contributed by atoms with Gasteiger partial charge < -0.3 is 10.3 Å². The van der Waals surface area contributed by atoms with Crippen molar-refractivity contribution in [2.45, 2.75) is 26.8 Å². The summed E-state index contributed by atoms with van der Waals surface area (Å²) >= 11 is 0. The maximum absolute atomic E-state index is 11.4. The van der Waals surface area contributed by atoms with Crippen LogP contribution >= 0.6 is 0 Å². The van der Waals surface area contributed by atoms with Crippen LogP contribution < -0.4 is 5.32 Å². The Kier molecular flexibility index (Phi) is 4.74. The summed E-state index contributed by atoms with van der Waals surface area (Å²) in [5, 5.41) is 2.80. The summed E-state index contributed by atoms with van der Waals surface area (Å²) < 4.78 is 0. The van der Waals surface area contributed by atoms with Gasteiger partial charge in [-0.05, 0) is 32.5 Å². The number of nitrogens with zero attached hydrogens (tertiary/aromatic N) is 2. The van der Waals surface area contributed by atoms with Crippen LogP contribution in [0, 0.1) is 6.92 Å². The molecule has 0 aliphatic carbocycles. The largest absolute Gasteiger partial charge is 0.356 e. The van der Waals surface area contributed by atoms with E-state index in [4.69, 9.17) is 0 Å². The molecule has 0 saturated carbocycles. The number of nitrogens with one attached hydrogen (secondary N) is 2. The molecule has 0 atom stereocenters. The van der Waals surface area contributed by atoms with Gasteiger partial charge >= 0.3 is 0 Å². The lowest BCUT2D eigenvalue weighted by Gasteiger charge is -2.14. The van der Waals surface area contributed by atoms with Crippen LogP contribution in [0.3, 0.4) is 0 Å². The third kappa shape index (κ3) is 3.57. The maximum Gasteiger partial charge on any atom is 0.221 e. The quantitative estimate of drug-likeness (QED) is 0.845. The molecule has 0 aliphatic rings. The van der Waals surface area contributed by atoms with Gasteiger partial charge in [-0.2, -0.15) is 0 Å². The highest BCUT2D eigenvalue weighted by Crippen LogP contribution is 2.16. The van der Waals surface area contributed by atoms with Gasteiger partial charge in [0.25, 0.3) is 0 Å². The standard InChI is InChI=1S/C15H22N4O/c1-4-16-14(20)8-9-19(3)10-13-17-12-7-5-6-11(2)15(12)18-13/h5-7H,4,8-10H2,1-3H3,(H,16,20)(H,17,18). The predicted molar refractivity (Wildman–Crippen MR) is 80.5 cm³/mol. The number of imidazole rings is 1. The van der Waals surface area contributed by atoms with Gasteiger partial charge in [-0.1, -0.05) is 12.1 Å². The van der Waals surface area contributed by atoms with Crippen molar-refractivity contribution >= 4 is 16.9 Å². The smallest absolute Gasteiger partial charge is 0.221 e. The third-order valence-electron chi connectivity index (χ3n) is 3.28. The lowest BCUT2D eigenvalue weighted by molar-refractivity contribution is -0.121. The van der Waals surface area contributed by atoms with E-state index in [9.17, 15) is 4.79 Å². The average molecular weight is 274 g/mol. The van der Waals surface area contributed by atoms with E-state index in [1.807, 2.05) is 26.1 Å². The van der Waals surface area contributed by atoms with E-state index in [-0.39, 0.29) is 5.91 Å². The number of amides is 1. The van der Waals surface area contributed by atoms with Crippen LogP contribution in [0.25, 0.3) is 11.0 Å². The Morgan fingerprint density at radius 3 is 2.95 bits per heavy atom. The molecular formula is C15H22N4O. The van der Waals surface area contributed by atoms with Gasteiger partial charge in [0, 0.05) is 19.5 Å². The highest BCUT2D eigenvalue weighted by molar-refractivity contribution is 5.78. The molecule has 0 radical (unpaired) electrons. The molecule has 20 heavy (non-hydrogen) atoms. The van der Waals surface area contributed by atoms with E-state index in [0.29, 0.717) is 19.5 Å². The minimum absolute atomic E-state index is 0.0970. The van der Waals surface area contributed by atoms with Gasteiger partial charge in [-0.3, -0.25) is 9.69 Å². The molecule has 1 aromatic carbocycles. The first-order chi connectivity index (χ1) is 9.60. The van der Waals surface area contributed by atoms with Crippen molar-refractivity contribution < 1.29 is 4.79 Å². The minimum Gasteiger partial charge on any atom is -0.356 e. The second-order valence-electron chi connectivity index (χ2n) is 5.10. The lowest BCUT2D eigenvalue weighted by Crippen LogP contribution is -2.28. The van der Waals surface area contributed by atoms with Crippen molar-refractivity contribution in [3.8, 4) is 0 Å². The summed E-state index contributed by atoms with van der Waals surface area (Å²) in [6, 6.07) is 6.12. The molecule has 1 heterocycles. The molecule has 5 nitrogen and oxygen atoms in total. The molecule has 0 spiro atoms. The Bertz CT molecular complexity index is 591. The number of aromatic nitrogens is 2. The first-order valence-corrected chi connectivity index (χ1v) is 6.99. The maximum atomic E-state index is 11.4. The van der Waals surface area contributed by atoms with E-state index < -0.39 is 0 Å². The van der Waals surface area contributed by atoms with Crippen LogP contribution in [0.2, 0.25) is 0 Å². The minimum atomic E-state index is 0.0970. The third-order valence-corrected chi connectivity index (χ3v) is 3.28. The molecule has 108 valence electrons. The van der Waals surface area contributed by atoms with Gasteiger partial charge in [-0.15, -0.1) is 0 Å². The number of fused-ring (bicyclic) bond motifs is 1. The Morgan fingerprint density at radius 2 is 2.25 bits per heavy atom. The number of carbonyl (C=O) groups is 1. The average Bonchev–Trinajstić information content (AvgIpc) is 2.81. The second kappa shape index (κ2) is 6.52. The van der Waals surface area contributed by atoms with Crippen molar-refractivity contribution in [1.29, 1.82) is 0 Å². The van der Waals surface area contributed by atoms with E-state index >= 15 is 0 Å². The van der Waals surface area contributed by atoms with Crippen LogP contribution in [0.15, 0.2) is 18.2 Å². The monoisotopic (exact) mass is 274 g/mol. The molecule has 1 amide bonds. The van der Waals surface area contributed by atoms with E-state index in [2.05, 4.69) is 33.2 Å². The summed E-state index contributed by atoms with van der Waals surface area (Å²) in [5.41, 5.74) is 3.27. The summed E-state index contributed by atoms with van der Waals surface area (Å²) in [7, 11) is 2.00. The summed E-state index contributed by atoms with van der Waals surface area (Å²) in [6.45, 7) is 6.12. The van der Waals surface area contributed by atoms with Crippen molar-refractivity contribution in [1.82, 2.24) is 20.2 Å². The molecule has 2 rings (SSSR count). The molecule has 0 fully saturated rings. The number of aromatic amines is 1. The molecular weight excluding hydrogens is 252 g/mol. The summed E-state index contributed by atoms with van der Waals surface area (Å²) in [5.74, 6) is 1.03. The van der Waals surface area contributed by atoms with Gasteiger partial charge in [0.15, 0.2) is 0 Å². The molecule has 2 N–H and O–H groups in total. The first kappa shape index (κ1) is 14.5. The summed E-state index contributed by atoms with van der Waals surface area (Å²) in [4.78, 5) is 21.5. The number of para-hydroxylation sites is 1. The second-order valence-corrected chi connectivity index (χ2v) is 5.10. The predicted octanol–water partition coefficient (Wildman–Crippen LogP) is 1.83. The number of benzene rings is 1. The lowest BCUT2D eigenvalue weighted by atomic mass is 10.2. The number of carbonyl (C=O) groups excluding carboxylic acids is 1. The van der Waals surface area contributed by atoms with Crippen LogP contribution in [0.4, 0.5) is 0 Å². The van der Waals surface area contributed by atoms with Crippen molar-refractivity contribution in [3.05, 3.63) is 29.6 Å². The highest BCUT2D eigenvalue weighted by Gasteiger charge is 2.08. The molecule has 0 unspecified atom stereocenters. The number of rotatable bonds is 6. The Morgan fingerprint density at radius 1 is 1.45 bits per heavy atom. The Balaban J connectivity index is 1.94. The van der Waals surface area contributed by atoms with Crippen LogP contribution in [-0.4, -0.2) is 40.9 Å². The van der Waals surface area contributed by atoms with Crippen molar-refractivity contribution in [2.75, 3.05) is 20.1 Å². The van der Waals surface area contributed by atoms with Gasteiger partial charge in [0.1, 0.15) is 5.82 Å². The zero-order chi connectivity index (χ0) is 14.5. The topological polar surface area (TPSA) is 61.0 Å². The molecule has 2 aromatic rings. The fourth-order valence-electron chi connectivity index (χ4n) is 2.21. The molecule has 1 aromatic heterocycles. The highest BCUT2D eigenvalue weighted by atomic mass is 16.1. The van der Waals surface area contributed by atoms with Crippen LogP contribution in [-0.2, 0) is 11.3 Å². The Hall–Kier alpha value is -1.88.